The normalized spacial score (nSPS) is 10.6. The Hall–Kier alpha value is -4.20. The van der Waals surface area contributed by atoms with Crippen LogP contribution in [0.25, 0.3) is 11.4 Å². The Bertz CT molecular complexity index is 1210. The number of aromatic nitrogens is 2. The fourth-order valence-corrected chi connectivity index (χ4v) is 3.06. The van der Waals surface area contributed by atoms with Gasteiger partial charge >= 0.3 is 0 Å². The molecule has 0 radical (unpaired) electrons. The standard InChI is InChI=1S/C25H22FN3O4/c1-2-31-19-11-13-20(14-12-19)32-22-6-4-3-5-21(22)27-23(30)15-16-24-28-25(29-33-24)17-7-9-18(26)10-8-17/h3-14H,2,15-16H2,1H3,(H,27,30). The number of hydrogen-bond donors (Lipinski definition) is 1. The molecule has 7 nitrogen and oxygen atoms in total. The van der Waals surface area contributed by atoms with E-state index in [9.17, 15) is 9.18 Å². The number of aryl methyl sites for hydroxylation is 1. The molecule has 0 saturated carbocycles. The number of para-hydroxylation sites is 2. The Balaban J connectivity index is 1.35. The van der Waals surface area contributed by atoms with Crippen molar-refractivity contribution in [3.05, 3.63) is 84.5 Å². The number of amides is 1. The van der Waals surface area contributed by atoms with E-state index in [0.717, 1.165) is 5.75 Å². The van der Waals surface area contributed by atoms with Crippen LogP contribution in [0.1, 0.15) is 19.2 Å². The first-order chi connectivity index (χ1) is 16.1. The first-order valence-electron chi connectivity index (χ1n) is 10.5. The van der Waals surface area contributed by atoms with Gasteiger partial charge in [0.25, 0.3) is 0 Å². The summed E-state index contributed by atoms with van der Waals surface area (Å²) in [6, 6.07) is 20.2. The van der Waals surface area contributed by atoms with Crippen LogP contribution in [0.2, 0.25) is 0 Å². The maximum Gasteiger partial charge on any atom is 0.227 e. The monoisotopic (exact) mass is 447 g/mol. The van der Waals surface area contributed by atoms with Crippen LogP contribution < -0.4 is 14.8 Å². The molecule has 0 bridgehead atoms. The molecule has 0 aliphatic heterocycles. The zero-order chi connectivity index (χ0) is 23.0. The van der Waals surface area contributed by atoms with Crippen LogP contribution >= 0.6 is 0 Å². The van der Waals surface area contributed by atoms with E-state index in [1.807, 2.05) is 31.2 Å². The highest BCUT2D eigenvalue weighted by atomic mass is 19.1. The zero-order valence-electron chi connectivity index (χ0n) is 18.0. The number of rotatable bonds is 9. The van der Waals surface area contributed by atoms with Crippen molar-refractivity contribution in [2.24, 2.45) is 0 Å². The summed E-state index contributed by atoms with van der Waals surface area (Å²) in [6.45, 7) is 2.51. The fraction of sp³-hybridized carbons (Fsp3) is 0.160. The van der Waals surface area contributed by atoms with Gasteiger partial charge in [-0.15, -0.1) is 0 Å². The molecule has 0 aliphatic carbocycles. The van der Waals surface area contributed by atoms with Gasteiger partial charge in [-0.25, -0.2) is 4.39 Å². The van der Waals surface area contributed by atoms with Crippen molar-refractivity contribution in [2.75, 3.05) is 11.9 Å². The van der Waals surface area contributed by atoms with Crippen molar-refractivity contribution < 1.29 is 23.2 Å². The van der Waals surface area contributed by atoms with Gasteiger partial charge in [0.1, 0.15) is 17.3 Å². The van der Waals surface area contributed by atoms with E-state index >= 15 is 0 Å². The Kier molecular flexibility index (Phi) is 6.94. The summed E-state index contributed by atoms with van der Waals surface area (Å²) < 4.78 is 29.6. The van der Waals surface area contributed by atoms with Gasteiger partial charge in [0, 0.05) is 18.4 Å². The van der Waals surface area contributed by atoms with E-state index < -0.39 is 0 Å². The number of halogens is 1. The third-order valence-electron chi connectivity index (χ3n) is 4.66. The van der Waals surface area contributed by atoms with Crippen molar-refractivity contribution in [1.82, 2.24) is 10.1 Å². The molecule has 1 N–H and O–H groups in total. The van der Waals surface area contributed by atoms with Gasteiger partial charge in [-0.05, 0) is 67.6 Å². The lowest BCUT2D eigenvalue weighted by Gasteiger charge is -2.12. The molecule has 4 rings (SSSR count). The zero-order valence-corrected chi connectivity index (χ0v) is 18.0. The summed E-state index contributed by atoms with van der Waals surface area (Å²) in [5.41, 5.74) is 1.19. The SMILES string of the molecule is CCOc1ccc(Oc2ccccc2NC(=O)CCc2nc(-c3ccc(F)cc3)no2)cc1. The summed E-state index contributed by atoms with van der Waals surface area (Å²) in [4.78, 5) is 16.8. The molecule has 1 amide bonds. The van der Waals surface area contributed by atoms with Crippen molar-refractivity contribution >= 4 is 11.6 Å². The number of nitrogens with one attached hydrogen (secondary N) is 1. The molecule has 1 aromatic heterocycles. The minimum Gasteiger partial charge on any atom is -0.494 e. The number of anilines is 1. The van der Waals surface area contributed by atoms with Crippen LogP contribution in [0.4, 0.5) is 10.1 Å². The second-order valence-electron chi connectivity index (χ2n) is 7.07. The molecule has 4 aromatic rings. The largest absolute Gasteiger partial charge is 0.494 e. The fourth-order valence-electron chi connectivity index (χ4n) is 3.06. The lowest BCUT2D eigenvalue weighted by molar-refractivity contribution is -0.116. The molecule has 0 unspecified atom stereocenters. The van der Waals surface area contributed by atoms with Crippen LogP contribution in [0.15, 0.2) is 77.3 Å². The molecule has 0 atom stereocenters. The number of carbonyl (C=O) groups excluding carboxylic acids is 1. The molecular weight excluding hydrogens is 425 g/mol. The topological polar surface area (TPSA) is 86.5 Å². The van der Waals surface area contributed by atoms with Gasteiger partial charge < -0.3 is 19.3 Å². The summed E-state index contributed by atoms with van der Waals surface area (Å²) in [5.74, 6) is 2.01. The lowest BCUT2D eigenvalue weighted by Crippen LogP contribution is -2.13. The molecule has 3 aromatic carbocycles. The maximum atomic E-state index is 13.1. The molecule has 0 saturated heterocycles. The predicted octanol–water partition coefficient (Wildman–Crippen LogP) is 5.64. The van der Waals surface area contributed by atoms with E-state index in [-0.39, 0.29) is 24.6 Å². The molecule has 8 heteroatoms. The Labute approximate surface area is 190 Å². The molecular formula is C25H22FN3O4. The van der Waals surface area contributed by atoms with Crippen molar-refractivity contribution in [3.8, 4) is 28.6 Å². The predicted molar refractivity (Wildman–Crippen MR) is 121 cm³/mol. The molecule has 168 valence electrons. The van der Waals surface area contributed by atoms with Crippen LogP contribution in [-0.2, 0) is 11.2 Å². The van der Waals surface area contributed by atoms with E-state index in [1.54, 1.807) is 36.4 Å². The second-order valence-corrected chi connectivity index (χ2v) is 7.07. The Morgan fingerprint density at radius 1 is 1.00 bits per heavy atom. The van der Waals surface area contributed by atoms with E-state index in [2.05, 4.69) is 15.5 Å². The smallest absolute Gasteiger partial charge is 0.227 e. The van der Waals surface area contributed by atoms with Gasteiger partial charge in [0.15, 0.2) is 5.75 Å². The maximum absolute atomic E-state index is 13.1. The van der Waals surface area contributed by atoms with Crippen LogP contribution in [-0.4, -0.2) is 22.7 Å². The van der Waals surface area contributed by atoms with Crippen molar-refractivity contribution in [1.29, 1.82) is 0 Å². The average molecular weight is 447 g/mol. The number of ether oxygens (including phenoxy) is 2. The third kappa shape index (κ3) is 5.94. The van der Waals surface area contributed by atoms with E-state index in [1.165, 1.54) is 12.1 Å². The number of carbonyl (C=O) groups is 1. The molecule has 0 spiro atoms. The Morgan fingerprint density at radius 3 is 2.48 bits per heavy atom. The summed E-state index contributed by atoms with van der Waals surface area (Å²) in [7, 11) is 0. The van der Waals surface area contributed by atoms with Gasteiger partial charge in [0.05, 0.1) is 12.3 Å². The minimum absolute atomic E-state index is 0.141. The van der Waals surface area contributed by atoms with Gasteiger partial charge in [0.2, 0.25) is 17.6 Å². The molecule has 1 heterocycles. The first-order valence-corrected chi connectivity index (χ1v) is 10.5. The third-order valence-corrected chi connectivity index (χ3v) is 4.66. The van der Waals surface area contributed by atoms with Crippen LogP contribution in [0, 0.1) is 5.82 Å². The van der Waals surface area contributed by atoms with Gasteiger partial charge in [-0.2, -0.15) is 4.98 Å². The summed E-state index contributed by atoms with van der Waals surface area (Å²) in [6.07, 6.45) is 0.407. The number of hydrogen-bond acceptors (Lipinski definition) is 6. The number of benzene rings is 3. The minimum atomic E-state index is -0.342. The van der Waals surface area contributed by atoms with Gasteiger partial charge in [-0.3, -0.25) is 4.79 Å². The molecule has 0 fully saturated rings. The van der Waals surface area contributed by atoms with E-state index in [0.29, 0.717) is 41.1 Å². The highest BCUT2D eigenvalue weighted by Gasteiger charge is 2.13. The van der Waals surface area contributed by atoms with Crippen molar-refractivity contribution in [3.63, 3.8) is 0 Å². The Morgan fingerprint density at radius 2 is 1.73 bits per heavy atom. The first kappa shape index (κ1) is 22.0. The van der Waals surface area contributed by atoms with Gasteiger partial charge in [-0.1, -0.05) is 17.3 Å². The average Bonchev–Trinajstić information content (AvgIpc) is 3.30. The summed E-state index contributed by atoms with van der Waals surface area (Å²) in [5, 5.41) is 6.74. The molecule has 33 heavy (non-hydrogen) atoms. The summed E-state index contributed by atoms with van der Waals surface area (Å²) >= 11 is 0. The van der Waals surface area contributed by atoms with Crippen LogP contribution in [0.3, 0.4) is 0 Å². The molecule has 0 aliphatic rings. The second kappa shape index (κ2) is 10.4. The highest BCUT2D eigenvalue weighted by molar-refractivity contribution is 5.92. The quantitative estimate of drug-likeness (QED) is 0.357. The highest BCUT2D eigenvalue weighted by Crippen LogP contribution is 2.30. The number of nitrogens with zero attached hydrogens (tertiary/aromatic N) is 2. The lowest BCUT2D eigenvalue weighted by atomic mass is 10.2. The van der Waals surface area contributed by atoms with E-state index in [4.69, 9.17) is 14.0 Å². The van der Waals surface area contributed by atoms with Crippen LogP contribution in [0.5, 0.6) is 17.2 Å². The van der Waals surface area contributed by atoms with Crippen molar-refractivity contribution in [2.45, 2.75) is 19.8 Å².